The van der Waals surface area contributed by atoms with Gasteiger partial charge in [0.2, 0.25) is 0 Å². The van der Waals surface area contributed by atoms with Gasteiger partial charge in [-0.1, -0.05) is 6.07 Å². The molecule has 0 unspecified atom stereocenters. The fraction of sp³-hybridized carbons (Fsp3) is 0.308. The highest BCUT2D eigenvalue weighted by Gasteiger charge is 2.17. The number of aromatic hydroxyl groups is 1. The Morgan fingerprint density at radius 2 is 2.00 bits per heavy atom. The molecule has 0 aliphatic rings. The molecule has 0 aliphatic heterocycles. The van der Waals surface area contributed by atoms with E-state index in [0.29, 0.717) is 0 Å². The summed E-state index contributed by atoms with van der Waals surface area (Å²) in [6.45, 7) is 1.32. The van der Waals surface area contributed by atoms with E-state index in [2.05, 4.69) is 5.32 Å². The first-order chi connectivity index (χ1) is 9.41. The Morgan fingerprint density at radius 3 is 2.60 bits per heavy atom. The molecule has 0 bridgehead atoms. The smallest absolute Gasteiger partial charge is 0.308 e. The molecule has 1 aromatic rings. The van der Waals surface area contributed by atoms with Gasteiger partial charge in [0.15, 0.2) is 11.5 Å². The van der Waals surface area contributed by atoms with E-state index >= 15 is 0 Å². The van der Waals surface area contributed by atoms with Crippen molar-refractivity contribution in [3.8, 4) is 11.5 Å². The first-order valence-corrected chi connectivity index (χ1v) is 5.92. The van der Waals surface area contributed by atoms with Gasteiger partial charge in [0.1, 0.15) is 0 Å². The minimum Gasteiger partial charge on any atom is -0.504 e. The number of esters is 1. The van der Waals surface area contributed by atoms with E-state index < -0.39 is 17.8 Å². The van der Waals surface area contributed by atoms with Crippen molar-refractivity contribution >= 4 is 17.8 Å². The van der Waals surface area contributed by atoms with Gasteiger partial charge < -0.3 is 20.3 Å². The van der Waals surface area contributed by atoms with Crippen LogP contribution in [0.1, 0.15) is 30.1 Å². The average molecular weight is 281 g/mol. The van der Waals surface area contributed by atoms with Gasteiger partial charge in [-0.05, 0) is 18.6 Å². The quantitative estimate of drug-likeness (QED) is 0.406. The number of rotatable bonds is 6. The molecule has 7 heteroatoms. The lowest BCUT2D eigenvalue weighted by Crippen LogP contribution is -2.25. The van der Waals surface area contributed by atoms with Crippen molar-refractivity contribution in [2.75, 3.05) is 6.54 Å². The van der Waals surface area contributed by atoms with Crippen molar-refractivity contribution in [1.82, 2.24) is 5.32 Å². The SMILES string of the molecule is CC(=O)Oc1c(O)cccc1C(=O)NCCCC(=O)O. The molecular formula is C13H15NO6. The number of phenols is 1. The third kappa shape index (κ3) is 4.60. The Hall–Kier alpha value is -2.57. The van der Waals surface area contributed by atoms with E-state index in [1.165, 1.54) is 18.2 Å². The first kappa shape index (κ1) is 15.5. The number of benzene rings is 1. The second-order valence-electron chi connectivity index (χ2n) is 4.00. The summed E-state index contributed by atoms with van der Waals surface area (Å²) in [7, 11) is 0. The number of hydrogen-bond donors (Lipinski definition) is 3. The zero-order chi connectivity index (χ0) is 15.1. The standard InChI is InChI=1S/C13H15NO6/c1-8(15)20-12-9(4-2-5-10(12)16)13(19)14-7-3-6-11(17)18/h2,4-5,16H,3,6-7H2,1H3,(H,14,19)(H,17,18). The summed E-state index contributed by atoms with van der Waals surface area (Å²) in [5.74, 6) is -2.69. The van der Waals surface area contributed by atoms with Crippen LogP contribution in [0.25, 0.3) is 0 Å². The van der Waals surface area contributed by atoms with Crippen molar-refractivity contribution in [3.63, 3.8) is 0 Å². The predicted molar refractivity (Wildman–Crippen MR) is 68.6 cm³/mol. The minimum atomic E-state index is -0.947. The summed E-state index contributed by atoms with van der Waals surface area (Å²) < 4.78 is 4.80. The van der Waals surface area contributed by atoms with Crippen molar-refractivity contribution in [3.05, 3.63) is 23.8 Å². The molecule has 0 atom stereocenters. The van der Waals surface area contributed by atoms with E-state index in [1.807, 2.05) is 0 Å². The fourth-order valence-corrected chi connectivity index (χ4v) is 1.49. The van der Waals surface area contributed by atoms with E-state index in [9.17, 15) is 19.5 Å². The highest BCUT2D eigenvalue weighted by Crippen LogP contribution is 2.30. The van der Waals surface area contributed by atoms with Gasteiger partial charge in [-0.25, -0.2) is 0 Å². The molecule has 0 radical (unpaired) electrons. The van der Waals surface area contributed by atoms with Crippen molar-refractivity contribution in [1.29, 1.82) is 0 Å². The van der Waals surface area contributed by atoms with Crippen LogP contribution in [0, 0.1) is 0 Å². The molecule has 0 aromatic heterocycles. The van der Waals surface area contributed by atoms with Gasteiger partial charge in [-0.3, -0.25) is 14.4 Å². The lowest BCUT2D eigenvalue weighted by atomic mass is 10.1. The maximum Gasteiger partial charge on any atom is 0.308 e. The largest absolute Gasteiger partial charge is 0.504 e. The van der Waals surface area contributed by atoms with Crippen LogP contribution >= 0.6 is 0 Å². The summed E-state index contributed by atoms with van der Waals surface area (Å²) in [6, 6.07) is 4.12. The fourth-order valence-electron chi connectivity index (χ4n) is 1.49. The van der Waals surface area contributed by atoms with E-state index in [-0.39, 0.29) is 36.4 Å². The summed E-state index contributed by atoms with van der Waals surface area (Å²) in [5, 5.41) is 20.6. The van der Waals surface area contributed by atoms with Crippen LogP contribution in [-0.2, 0) is 9.59 Å². The maximum atomic E-state index is 11.9. The van der Waals surface area contributed by atoms with Crippen LogP contribution in [0.2, 0.25) is 0 Å². The number of carboxylic acid groups (broad SMARTS) is 1. The minimum absolute atomic E-state index is 0.00975. The molecule has 0 saturated heterocycles. The average Bonchev–Trinajstić information content (AvgIpc) is 2.36. The molecule has 0 spiro atoms. The van der Waals surface area contributed by atoms with Gasteiger partial charge in [0, 0.05) is 19.9 Å². The lowest BCUT2D eigenvalue weighted by Gasteiger charge is -2.10. The normalized spacial score (nSPS) is 9.85. The van der Waals surface area contributed by atoms with Crippen molar-refractivity contribution in [2.24, 2.45) is 0 Å². The monoisotopic (exact) mass is 281 g/mol. The summed E-state index contributed by atoms with van der Waals surface area (Å²) in [6.07, 6.45) is 0.222. The second kappa shape index (κ2) is 7.13. The Balaban J connectivity index is 2.74. The highest BCUT2D eigenvalue weighted by atomic mass is 16.5. The van der Waals surface area contributed by atoms with Crippen LogP contribution in [0.5, 0.6) is 11.5 Å². The molecule has 0 aliphatic carbocycles. The number of para-hydroxylation sites is 1. The Bertz CT molecular complexity index is 526. The number of amides is 1. The van der Waals surface area contributed by atoms with Gasteiger partial charge in [-0.15, -0.1) is 0 Å². The van der Waals surface area contributed by atoms with Crippen LogP contribution < -0.4 is 10.1 Å². The predicted octanol–water partition coefficient (Wildman–Crippen LogP) is 0.912. The molecule has 0 heterocycles. The summed E-state index contributed by atoms with van der Waals surface area (Å²) >= 11 is 0. The Morgan fingerprint density at radius 1 is 1.30 bits per heavy atom. The van der Waals surface area contributed by atoms with Gasteiger partial charge >= 0.3 is 11.9 Å². The number of aliphatic carboxylic acids is 1. The summed E-state index contributed by atoms with van der Waals surface area (Å²) in [5.41, 5.74) is 0.00975. The van der Waals surface area contributed by atoms with Crippen molar-refractivity contribution in [2.45, 2.75) is 19.8 Å². The Kier molecular flexibility index (Phi) is 5.52. The first-order valence-electron chi connectivity index (χ1n) is 5.92. The van der Waals surface area contributed by atoms with Crippen LogP contribution in [0.3, 0.4) is 0 Å². The molecule has 1 rings (SSSR count). The van der Waals surface area contributed by atoms with E-state index in [4.69, 9.17) is 9.84 Å². The summed E-state index contributed by atoms with van der Waals surface area (Å²) in [4.78, 5) is 33.2. The van der Waals surface area contributed by atoms with E-state index in [1.54, 1.807) is 0 Å². The number of carbonyl (C=O) groups is 3. The molecule has 0 saturated carbocycles. The highest BCUT2D eigenvalue weighted by molar-refractivity contribution is 5.98. The second-order valence-corrected chi connectivity index (χ2v) is 4.00. The number of phenolic OH excluding ortho intramolecular Hbond substituents is 1. The maximum absolute atomic E-state index is 11.9. The zero-order valence-corrected chi connectivity index (χ0v) is 10.9. The van der Waals surface area contributed by atoms with Crippen molar-refractivity contribution < 1.29 is 29.3 Å². The number of nitrogens with one attached hydrogen (secondary N) is 1. The van der Waals surface area contributed by atoms with Crippen LogP contribution in [0.15, 0.2) is 18.2 Å². The molecule has 1 amide bonds. The molecule has 108 valence electrons. The molecule has 3 N–H and O–H groups in total. The lowest BCUT2D eigenvalue weighted by molar-refractivity contribution is -0.137. The van der Waals surface area contributed by atoms with Crippen LogP contribution in [0.4, 0.5) is 0 Å². The topological polar surface area (TPSA) is 113 Å². The number of hydrogen-bond acceptors (Lipinski definition) is 5. The Labute approximate surface area is 115 Å². The molecule has 1 aromatic carbocycles. The molecule has 0 fully saturated rings. The molecular weight excluding hydrogens is 266 g/mol. The molecule has 7 nitrogen and oxygen atoms in total. The number of carboxylic acids is 1. The molecule has 20 heavy (non-hydrogen) atoms. The zero-order valence-electron chi connectivity index (χ0n) is 10.9. The van der Waals surface area contributed by atoms with E-state index in [0.717, 1.165) is 6.92 Å². The number of carbonyl (C=O) groups excluding carboxylic acids is 2. The third-order valence-corrected chi connectivity index (χ3v) is 2.34. The third-order valence-electron chi connectivity index (χ3n) is 2.34. The van der Waals surface area contributed by atoms with Crippen LogP contribution in [-0.4, -0.2) is 34.6 Å². The van der Waals surface area contributed by atoms with Gasteiger partial charge in [0.05, 0.1) is 5.56 Å². The van der Waals surface area contributed by atoms with Gasteiger partial charge in [0.25, 0.3) is 5.91 Å². The number of ether oxygens (including phenoxy) is 1. The van der Waals surface area contributed by atoms with Gasteiger partial charge in [-0.2, -0.15) is 0 Å².